The lowest BCUT2D eigenvalue weighted by Gasteiger charge is -2.15. The van der Waals surface area contributed by atoms with Gasteiger partial charge in [0.25, 0.3) is 0 Å². The largest absolute Gasteiger partial charge is 0.396 e. The average molecular weight is 146 g/mol. The number of aliphatic hydroxyl groups is 1. The molecule has 0 saturated carbocycles. The minimum absolute atomic E-state index is 0.0409. The van der Waals surface area contributed by atoms with Crippen LogP contribution in [0.3, 0.4) is 0 Å². The highest BCUT2D eigenvalue weighted by Gasteiger charge is 2.13. The predicted molar refractivity (Wildman–Crippen MR) is 38.4 cm³/mol. The molecular weight excluding hydrogens is 132 g/mol. The van der Waals surface area contributed by atoms with Gasteiger partial charge in [-0.25, -0.2) is 0 Å². The molecular formula is C6H14N2O2. The average Bonchev–Trinajstić information content (AvgIpc) is 1.87. The van der Waals surface area contributed by atoms with Crippen LogP contribution in [0.4, 0.5) is 0 Å². The number of rotatable bonds is 3. The number of aliphatic hydroxyl groups excluding tert-OH is 1. The second kappa shape index (κ2) is 4.24. The van der Waals surface area contributed by atoms with Crippen LogP contribution in [-0.2, 0) is 4.79 Å². The van der Waals surface area contributed by atoms with E-state index in [0.29, 0.717) is 6.42 Å². The number of carbonyl (C=O) groups excluding carboxylic acids is 1. The van der Waals surface area contributed by atoms with Gasteiger partial charge in [0.15, 0.2) is 0 Å². The van der Waals surface area contributed by atoms with Crippen LogP contribution in [0.2, 0.25) is 0 Å². The molecule has 0 radical (unpaired) electrons. The SMILES string of the molecule is CN(C)C(=O)[C@@H](N)CCO. The van der Waals surface area contributed by atoms with Crippen molar-refractivity contribution in [3.8, 4) is 0 Å². The number of nitrogens with zero attached hydrogens (tertiary/aromatic N) is 1. The van der Waals surface area contributed by atoms with E-state index in [0.717, 1.165) is 0 Å². The molecule has 0 aliphatic heterocycles. The van der Waals surface area contributed by atoms with E-state index < -0.39 is 6.04 Å². The van der Waals surface area contributed by atoms with Crippen molar-refractivity contribution in [1.29, 1.82) is 0 Å². The van der Waals surface area contributed by atoms with Crippen LogP contribution in [0.15, 0.2) is 0 Å². The Morgan fingerprint density at radius 2 is 2.20 bits per heavy atom. The van der Waals surface area contributed by atoms with Crippen molar-refractivity contribution in [2.45, 2.75) is 12.5 Å². The molecule has 1 atom stereocenters. The monoisotopic (exact) mass is 146 g/mol. The van der Waals surface area contributed by atoms with E-state index in [1.165, 1.54) is 4.90 Å². The molecule has 3 N–H and O–H groups in total. The summed E-state index contributed by atoms with van der Waals surface area (Å²) in [6.45, 7) is -0.0409. The molecule has 0 saturated heterocycles. The Bertz CT molecular complexity index is 114. The molecule has 0 spiro atoms. The Labute approximate surface area is 60.6 Å². The first-order chi connectivity index (χ1) is 4.59. The first-order valence-electron chi connectivity index (χ1n) is 3.17. The Hall–Kier alpha value is -0.610. The maximum absolute atomic E-state index is 10.9. The molecule has 4 heteroatoms. The predicted octanol–water partition coefficient (Wildman–Crippen LogP) is -1.22. The summed E-state index contributed by atoms with van der Waals surface area (Å²) in [5, 5.41) is 8.42. The zero-order chi connectivity index (χ0) is 8.15. The first-order valence-corrected chi connectivity index (χ1v) is 3.17. The van der Waals surface area contributed by atoms with Crippen LogP contribution in [0, 0.1) is 0 Å². The number of nitrogens with two attached hydrogens (primary N) is 1. The highest BCUT2D eigenvalue weighted by Crippen LogP contribution is 1.90. The molecule has 0 aliphatic carbocycles. The molecule has 0 heterocycles. The molecule has 10 heavy (non-hydrogen) atoms. The van der Waals surface area contributed by atoms with Gasteiger partial charge < -0.3 is 15.7 Å². The van der Waals surface area contributed by atoms with Gasteiger partial charge in [-0.1, -0.05) is 0 Å². The summed E-state index contributed by atoms with van der Waals surface area (Å²) < 4.78 is 0. The van der Waals surface area contributed by atoms with Crippen molar-refractivity contribution in [2.75, 3.05) is 20.7 Å². The van der Waals surface area contributed by atoms with E-state index >= 15 is 0 Å². The maximum atomic E-state index is 10.9. The zero-order valence-corrected chi connectivity index (χ0v) is 6.37. The van der Waals surface area contributed by atoms with Crippen LogP contribution in [0.25, 0.3) is 0 Å². The molecule has 0 fully saturated rings. The lowest BCUT2D eigenvalue weighted by Crippen LogP contribution is -2.40. The van der Waals surface area contributed by atoms with Crippen molar-refractivity contribution in [3.05, 3.63) is 0 Å². The smallest absolute Gasteiger partial charge is 0.239 e. The van der Waals surface area contributed by atoms with Gasteiger partial charge in [0.2, 0.25) is 5.91 Å². The molecule has 0 bridgehead atoms. The fourth-order valence-corrected chi connectivity index (χ4v) is 0.594. The lowest BCUT2D eigenvalue weighted by atomic mass is 10.2. The maximum Gasteiger partial charge on any atom is 0.239 e. The summed E-state index contributed by atoms with van der Waals surface area (Å²) >= 11 is 0. The van der Waals surface area contributed by atoms with Crippen molar-refractivity contribution >= 4 is 5.91 Å². The van der Waals surface area contributed by atoms with Gasteiger partial charge in [-0.15, -0.1) is 0 Å². The molecule has 0 unspecified atom stereocenters. The molecule has 4 nitrogen and oxygen atoms in total. The third-order valence-electron chi connectivity index (χ3n) is 1.20. The number of likely N-dealkylation sites (N-methyl/N-ethyl adjacent to an activating group) is 1. The van der Waals surface area contributed by atoms with E-state index in [9.17, 15) is 4.79 Å². The highest BCUT2D eigenvalue weighted by molar-refractivity contribution is 5.81. The van der Waals surface area contributed by atoms with Gasteiger partial charge in [-0.3, -0.25) is 4.79 Å². The molecule has 60 valence electrons. The Kier molecular flexibility index (Phi) is 3.99. The van der Waals surface area contributed by atoms with Gasteiger partial charge in [-0.05, 0) is 6.42 Å². The first kappa shape index (κ1) is 9.39. The van der Waals surface area contributed by atoms with Gasteiger partial charge >= 0.3 is 0 Å². The van der Waals surface area contributed by atoms with E-state index in [1.54, 1.807) is 14.1 Å². The third kappa shape index (κ3) is 2.80. The standard InChI is InChI=1S/C6H14N2O2/c1-8(2)6(10)5(7)3-4-9/h5,9H,3-4,7H2,1-2H3/t5-/m0/s1. The summed E-state index contributed by atoms with van der Waals surface area (Å²) in [6, 6.07) is -0.556. The summed E-state index contributed by atoms with van der Waals surface area (Å²) in [7, 11) is 3.28. The van der Waals surface area contributed by atoms with E-state index in [4.69, 9.17) is 10.8 Å². The topological polar surface area (TPSA) is 66.6 Å². The Balaban J connectivity index is 3.71. The van der Waals surface area contributed by atoms with Gasteiger partial charge in [-0.2, -0.15) is 0 Å². The second-order valence-electron chi connectivity index (χ2n) is 2.35. The molecule has 0 rings (SSSR count). The normalized spacial score (nSPS) is 12.8. The van der Waals surface area contributed by atoms with E-state index in [2.05, 4.69) is 0 Å². The highest BCUT2D eigenvalue weighted by atomic mass is 16.3. The fourth-order valence-electron chi connectivity index (χ4n) is 0.594. The quantitative estimate of drug-likeness (QED) is 0.524. The number of hydrogen-bond donors (Lipinski definition) is 2. The van der Waals surface area contributed by atoms with Crippen molar-refractivity contribution in [2.24, 2.45) is 5.73 Å². The number of carbonyl (C=O) groups is 1. The van der Waals surface area contributed by atoms with Gasteiger partial charge in [0.1, 0.15) is 0 Å². The summed E-state index contributed by atoms with van der Waals surface area (Å²) in [5.41, 5.74) is 5.38. The summed E-state index contributed by atoms with van der Waals surface area (Å²) in [6.07, 6.45) is 0.330. The van der Waals surface area contributed by atoms with Crippen LogP contribution < -0.4 is 5.73 Å². The molecule has 0 aromatic rings. The van der Waals surface area contributed by atoms with Gasteiger partial charge in [0, 0.05) is 20.7 Å². The Morgan fingerprint density at radius 3 is 2.50 bits per heavy atom. The van der Waals surface area contributed by atoms with Crippen LogP contribution >= 0.6 is 0 Å². The minimum atomic E-state index is -0.556. The second-order valence-corrected chi connectivity index (χ2v) is 2.35. The lowest BCUT2D eigenvalue weighted by molar-refractivity contribution is -0.130. The van der Waals surface area contributed by atoms with Crippen LogP contribution in [-0.4, -0.2) is 42.7 Å². The van der Waals surface area contributed by atoms with E-state index in [-0.39, 0.29) is 12.5 Å². The molecule has 1 amide bonds. The Morgan fingerprint density at radius 1 is 1.70 bits per heavy atom. The molecule has 0 aromatic heterocycles. The van der Waals surface area contributed by atoms with Crippen molar-refractivity contribution in [3.63, 3.8) is 0 Å². The summed E-state index contributed by atoms with van der Waals surface area (Å²) in [4.78, 5) is 12.3. The van der Waals surface area contributed by atoms with E-state index in [1.807, 2.05) is 0 Å². The van der Waals surface area contributed by atoms with Gasteiger partial charge in [0.05, 0.1) is 6.04 Å². The minimum Gasteiger partial charge on any atom is -0.396 e. The van der Waals surface area contributed by atoms with Crippen LogP contribution in [0.5, 0.6) is 0 Å². The third-order valence-corrected chi connectivity index (χ3v) is 1.20. The molecule has 0 aromatic carbocycles. The summed E-state index contributed by atoms with van der Waals surface area (Å²) in [5.74, 6) is -0.144. The van der Waals surface area contributed by atoms with Crippen molar-refractivity contribution < 1.29 is 9.90 Å². The zero-order valence-electron chi connectivity index (χ0n) is 6.37. The number of amides is 1. The van der Waals surface area contributed by atoms with Crippen molar-refractivity contribution in [1.82, 2.24) is 4.90 Å². The molecule has 0 aliphatic rings. The number of hydrogen-bond acceptors (Lipinski definition) is 3. The fraction of sp³-hybridized carbons (Fsp3) is 0.833. The van der Waals surface area contributed by atoms with Crippen LogP contribution in [0.1, 0.15) is 6.42 Å².